The molecule has 0 saturated carbocycles. The molecule has 0 spiro atoms. The lowest BCUT2D eigenvalue weighted by atomic mass is 9.86. The van der Waals surface area contributed by atoms with Crippen molar-refractivity contribution in [1.82, 2.24) is 9.78 Å². The Hall–Kier alpha value is -3.32. The molecule has 7 nitrogen and oxygen atoms in total. The van der Waals surface area contributed by atoms with Crippen molar-refractivity contribution in [2.75, 3.05) is 10.6 Å². The van der Waals surface area contributed by atoms with Crippen molar-refractivity contribution in [2.24, 2.45) is 7.05 Å². The summed E-state index contributed by atoms with van der Waals surface area (Å²) in [5.74, 6) is 0.859. The second-order valence-corrected chi connectivity index (χ2v) is 8.41. The van der Waals surface area contributed by atoms with Gasteiger partial charge >= 0.3 is 0 Å². The highest BCUT2D eigenvalue weighted by molar-refractivity contribution is 6.30. The Kier molecular flexibility index (Phi) is 5.45. The van der Waals surface area contributed by atoms with Crippen LogP contribution in [0.25, 0.3) is 0 Å². The molecule has 1 aliphatic rings. The maximum absolute atomic E-state index is 13.1. The molecule has 160 valence electrons. The number of carbonyl (C=O) groups excluding carboxylic acids is 2. The van der Waals surface area contributed by atoms with Gasteiger partial charge in [-0.05, 0) is 43.7 Å². The van der Waals surface area contributed by atoms with Crippen LogP contribution < -0.4 is 15.4 Å². The van der Waals surface area contributed by atoms with Crippen molar-refractivity contribution in [3.05, 3.63) is 70.7 Å². The van der Waals surface area contributed by atoms with Gasteiger partial charge in [0, 0.05) is 30.0 Å². The van der Waals surface area contributed by atoms with Gasteiger partial charge in [-0.15, -0.1) is 0 Å². The standard InChI is InChI=1S/C23H23ClN4O3/c1-23(2,31-16-11-9-15(24)10-12-16)22(30)26-20-19-17(14-7-5-4-6-8-14)13-18(29)25-21(19)28(3)27-20/h4-12,17H,13H2,1-3H3,(H,25,29)(H,26,27,30)/t17-/m1/s1. The van der Waals surface area contributed by atoms with E-state index in [9.17, 15) is 9.59 Å². The minimum Gasteiger partial charge on any atom is -0.478 e. The number of carbonyl (C=O) groups is 2. The molecule has 0 bridgehead atoms. The van der Waals surface area contributed by atoms with Crippen molar-refractivity contribution in [1.29, 1.82) is 0 Å². The maximum Gasteiger partial charge on any atom is 0.269 e. The highest BCUT2D eigenvalue weighted by atomic mass is 35.5. The fourth-order valence-corrected chi connectivity index (χ4v) is 3.78. The van der Waals surface area contributed by atoms with Crippen LogP contribution in [0, 0.1) is 0 Å². The molecule has 2 heterocycles. The van der Waals surface area contributed by atoms with Crippen LogP contribution >= 0.6 is 11.6 Å². The molecule has 8 heteroatoms. The Morgan fingerprint density at radius 3 is 2.55 bits per heavy atom. The van der Waals surface area contributed by atoms with E-state index in [-0.39, 0.29) is 24.2 Å². The highest BCUT2D eigenvalue weighted by Gasteiger charge is 2.36. The van der Waals surface area contributed by atoms with Gasteiger partial charge in [-0.1, -0.05) is 41.9 Å². The Morgan fingerprint density at radius 2 is 1.87 bits per heavy atom. The van der Waals surface area contributed by atoms with Crippen LogP contribution in [0.3, 0.4) is 0 Å². The lowest BCUT2D eigenvalue weighted by Crippen LogP contribution is -2.43. The quantitative estimate of drug-likeness (QED) is 0.620. The Bertz CT molecular complexity index is 1120. The van der Waals surface area contributed by atoms with Crippen LogP contribution in [0.1, 0.15) is 37.3 Å². The van der Waals surface area contributed by atoms with E-state index in [0.717, 1.165) is 11.1 Å². The van der Waals surface area contributed by atoms with E-state index in [0.29, 0.717) is 22.4 Å². The molecule has 0 radical (unpaired) electrons. The van der Waals surface area contributed by atoms with Gasteiger partial charge in [0.25, 0.3) is 5.91 Å². The van der Waals surface area contributed by atoms with Gasteiger partial charge in [-0.25, -0.2) is 0 Å². The largest absolute Gasteiger partial charge is 0.478 e. The topological polar surface area (TPSA) is 85.2 Å². The molecule has 2 aromatic carbocycles. The number of rotatable bonds is 5. The minimum atomic E-state index is -1.17. The smallest absolute Gasteiger partial charge is 0.269 e. The lowest BCUT2D eigenvalue weighted by molar-refractivity contribution is -0.128. The number of benzene rings is 2. The number of aryl methyl sites for hydroxylation is 1. The minimum absolute atomic E-state index is 0.0892. The molecule has 3 aromatic rings. The van der Waals surface area contributed by atoms with Crippen molar-refractivity contribution >= 4 is 35.1 Å². The summed E-state index contributed by atoms with van der Waals surface area (Å²) in [5.41, 5.74) is 0.598. The molecule has 1 aromatic heterocycles. The summed E-state index contributed by atoms with van der Waals surface area (Å²) in [4.78, 5) is 25.4. The van der Waals surface area contributed by atoms with Crippen LogP contribution in [0.4, 0.5) is 11.6 Å². The Balaban J connectivity index is 1.63. The first kappa shape index (κ1) is 20.9. The van der Waals surface area contributed by atoms with Crippen LogP contribution in [-0.4, -0.2) is 27.2 Å². The van der Waals surface area contributed by atoms with Crippen LogP contribution in [0.5, 0.6) is 5.75 Å². The van der Waals surface area contributed by atoms with Gasteiger partial charge in [0.1, 0.15) is 11.6 Å². The molecule has 1 aliphatic heterocycles. The number of halogens is 1. The van der Waals surface area contributed by atoms with E-state index in [1.807, 2.05) is 30.3 Å². The number of nitrogens with zero attached hydrogens (tertiary/aromatic N) is 2. The first-order valence-corrected chi connectivity index (χ1v) is 10.3. The van der Waals surface area contributed by atoms with Crippen molar-refractivity contribution in [3.63, 3.8) is 0 Å². The number of anilines is 2. The van der Waals surface area contributed by atoms with E-state index >= 15 is 0 Å². The summed E-state index contributed by atoms with van der Waals surface area (Å²) in [6.07, 6.45) is 0.274. The number of amides is 2. The molecule has 0 aliphatic carbocycles. The average Bonchev–Trinajstić information content (AvgIpc) is 3.04. The average molecular weight is 439 g/mol. The van der Waals surface area contributed by atoms with E-state index in [1.165, 1.54) is 0 Å². The molecule has 0 unspecified atom stereocenters. The first-order chi connectivity index (χ1) is 14.7. The first-order valence-electron chi connectivity index (χ1n) is 9.92. The van der Waals surface area contributed by atoms with Gasteiger partial charge in [0.05, 0.1) is 0 Å². The summed E-state index contributed by atoms with van der Waals surface area (Å²) in [5, 5.41) is 10.8. The third-order valence-electron chi connectivity index (χ3n) is 5.25. The number of hydrogen-bond donors (Lipinski definition) is 2. The predicted molar refractivity (Wildman–Crippen MR) is 120 cm³/mol. The monoisotopic (exact) mass is 438 g/mol. The normalized spacial score (nSPS) is 15.7. The van der Waals surface area contributed by atoms with E-state index in [1.54, 1.807) is 49.8 Å². The molecular formula is C23H23ClN4O3. The summed E-state index contributed by atoms with van der Waals surface area (Å²) in [7, 11) is 1.73. The molecule has 4 rings (SSSR count). The third-order valence-corrected chi connectivity index (χ3v) is 5.50. The van der Waals surface area contributed by atoms with E-state index in [4.69, 9.17) is 16.3 Å². The SMILES string of the molecule is Cn1nc(NC(=O)C(C)(C)Oc2ccc(Cl)cc2)c2c1NC(=O)C[C@@H]2c1ccccc1. The van der Waals surface area contributed by atoms with Gasteiger partial charge in [0.2, 0.25) is 5.91 Å². The van der Waals surface area contributed by atoms with Crippen molar-refractivity contribution < 1.29 is 14.3 Å². The zero-order valence-electron chi connectivity index (χ0n) is 17.5. The fourth-order valence-electron chi connectivity index (χ4n) is 3.65. The number of nitrogens with one attached hydrogen (secondary N) is 2. The third kappa shape index (κ3) is 4.27. The van der Waals surface area contributed by atoms with Crippen LogP contribution in [-0.2, 0) is 16.6 Å². The molecule has 31 heavy (non-hydrogen) atoms. The van der Waals surface area contributed by atoms with E-state index < -0.39 is 5.60 Å². The Labute approximate surface area is 185 Å². The van der Waals surface area contributed by atoms with E-state index in [2.05, 4.69) is 15.7 Å². The molecule has 0 fully saturated rings. The van der Waals surface area contributed by atoms with Crippen LogP contribution in [0.2, 0.25) is 5.02 Å². The summed E-state index contributed by atoms with van der Waals surface area (Å²) >= 11 is 5.92. The predicted octanol–water partition coefficient (Wildman–Crippen LogP) is 4.34. The van der Waals surface area contributed by atoms with Gasteiger partial charge in [-0.2, -0.15) is 5.10 Å². The zero-order chi connectivity index (χ0) is 22.2. The molecule has 2 N–H and O–H groups in total. The number of fused-ring (bicyclic) bond motifs is 1. The summed E-state index contributed by atoms with van der Waals surface area (Å²) in [6, 6.07) is 16.6. The molecule has 2 amide bonds. The molecule has 0 saturated heterocycles. The molecule has 1 atom stereocenters. The van der Waals surface area contributed by atoms with Gasteiger partial charge < -0.3 is 15.4 Å². The highest BCUT2D eigenvalue weighted by Crippen LogP contribution is 2.41. The number of ether oxygens (including phenoxy) is 1. The van der Waals surface area contributed by atoms with Gasteiger partial charge in [0.15, 0.2) is 11.4 Å². The summed E-state index contributed by atoms with van der Waals surface area (Å²) < 4.78 is 7.47. The summed E-state index contributed by atoms with van der Waals surface area (Å²) in [6.45, 7) is 3.37. The Morgan fingerprint density at radius 1 is 1.19 bits per heavy atom. The second-order valence-electron chi connectivity index (χ2n) is 7.97. The zero-order valence-corrected chi connectivity index (χ0v) is 18.2. The van der Waals surface area contributed by atoms with Crippen molar-refractivity contribution in [3.8, 4) is 5.75 Å². The number of aromatic nitrogens is 2. The second kappa shape index (κ2) is 8.07. The molecular weight excluding hydrogens is 416 g/mol. The fraction of sp³-hybridized carbons (Fsp3) is 0.261. The maximum atomic E-state index is 13.1. The number of hydrogen-bond acceptors (Lipinski definition) is 4. The lowest BCUT2D eigenvalue weighted by Gasteiger charge is -2.27. The van der Waals surface area contributed by atoms with Crippen molar-refractivity contribution in [2.45, 2.75) is 31.8 Å². The van der Waals surface area contributed by atoms with Crippen LogP contribution in [0.15, 0.2) is 54.6 Å². The van der Waals surface area contributed by atoms with Gasteiger partial charge in [-0.3, -0.25) is 14.3 Å².